The molecule has 158 valence electrons. The number of fused-ring (bicyclic) bond motifs is 1. The fourth-order valence-electron chi connectivity index (χ4n) is 3.16. The number of amides is 1. The highest BCUT2D eigenvalue weighted by Crippen LogP contribution is 2.30. The first kappa shape index (κ1) is 22.5. The molecular formula is C19H29ClN2O6. The number of aliphatic hydroxyl groups excluding tert-OH is 1. The molecule has 0 radical (unpaired) electrons. The fraction of sp³-hybridized carbons (Fsp3) is 0.632. The number of aliphatic hydroxyl groups is 1. The van der Waals surface area contributed by atoms with Crippen LogP contribution in [0.3, 0.4) is 0 Å². The predicted molar refractivity (Wildman–Crippen MR) is 105 cm³/mol. The van der Waals surface area contributed by atoms with Gasteiger partial charge in [0.1, 0.15) is 6.61 Å². The molecule has 0 bridgehead atoms. The number of ether oxygens (including phenoxy) is 4. The third-order valence-corrected chi connectivity index (χ3v) is 4.55. The molecule has 2 aliphatic heterocycles. The fourth-order valence-corrected chi connectivity index (χ4v) is 3.16. The number of hydrogen-bond donors (Lipinski definition) is 1. The summed E-state index contributed by atoms with van der Waals surface area (Å²) in [6, 6.07) is 7.54. The van der Waals surface area contributed by atoms with Crippen LogP contribution >= 0.6 is 12.4 Å². The van der Waals surface area contributed by atoms with E-state index in [4.69, 9.17) is 18.9 Å². The smallest absolute Gasteiger partial charge is 0.409 e. The molecule has 0 aliphatic carbocycles. The minimum absolute atomic E-state index is 0. The standard InChI is InChI=1S/C19H28N2O6.ClH/c1-2-25-19(23)21-9-7-20(8-10-21)11-15(22)12-24-13-16-14-26-17-5-3-4-6-18(17)27-16;/h3-6,15-16,22H,2,7-14H2,1H3;1H. The van der Waals surface area contributed by atoms with E-state index in [0.29, 0.717) is 52.5 Å². The molecular weight excluding hydrogens is 388 g/mol. The summed E-state index contributed by atoms with van der Waals surface area (Å²) >= 11 is 0. The first-order chi connectivity index (χ1) is 13.2. The highest BCUT2D eigenvalue weighted by molar-refractivity contribution is 5.85. The van der Waals surface area contributed by atoms with E-state index in [0.717, 1.165) is 11.5 Å². The van der Waals surface area contributed by atoms with Crippen LogP contribution in [0.25, 0.3) is 0 Å². The molecule has 0 aromatic heterocycles. The molecule has 0 spiro atoms. The summed E-state index contributed by atoms with van der Waals surface area (Å²) < 4.78 is 22.1. The first-order valence-electron chi connectivity index (χ1n) is 9.44. The number of benzene rings is 1. The Kier molecular flexibility index (Phi) is 9.11. The number of nitrogens with zero attached hydrogens (tertiary/aromatic N) is 2. The summed E-state index contributed by atoms with van der Waals surface area (Å²) in [4.78, 5) is 15.5. The van der Waals surface area contributed by atoms with E-state index in [1.54, 1.807) is 11.8 Å². The number of hydrogen-bond acceptors (Lipinski definition) is 7. The SMILES string of the molecule is CCOC(=O)N1CCN(CC(O)COCC2COc3ccccc3O2)CC1.Cl. The molecule has 1 fully saturated rings. The molecule has 1 N–H and O–H groups in total. The number of carbonyl (C=O) groups excluding carboxylic acids is 1. The van der Waals surface area contributed by atoms with E-state index in [2.05, 4.69) is 4.90 Å². The van der Waals surface area contributed by atoms with Gasteiger partial charge in [0.25, 0.3) is 0 Å². The predicted octanol–water partition coefficient (Wildman–Crippen LogP) is 1.40. The molecule has 28 heavy (non-hydrogen) atoms. The van der Waals surface area contributed by atoms with Crippen LogP contribution in [0.15, 0.2) is 24.3 Å². The van der Waals surface area contributed by atoms with Crippen molar-refractivity contribution in [2.75, 3.05) is 59.2 Å². The van der Waals surface area contributed by atoms with Crippen molar-refractivity contribution < 1.29 is 28.8 Å². The highest BCUT2D eigenvalue weighted by Gasteiger charge is 2.24. The van der Waals surface area contributed by atoms with Crippen LogP contribution in [0.2, 0.25) is 0 Å². The molecule has 1 amide bonds. The molecule has 3 rings (SSSR count). The number of carbonyl (C=O) groups is 1. The molecule has 2 heterocycles. The number of para-hydroxylation sites is 2. The van der Waals surface area contributed by atoms with Crippen LogP contribution in [0.5, 0.6) is 11.5 Å². The highest BCUT2D eigenvalue weighted by atomic mass is 35.5. The van der Waals surface area contributed by atoms with Crippen LogP contribution in [0.4, 0.5) is 4.79 Å². The van der Waals surface area contributed by atoms with Gasteiger partial charge in [0.15, 0.2) is 17.6 Å². The van der Waals surface area contributed by atoms with Crippen LogP contribution in [-0.2, 0) is 9.47 Å². The zero-order valence-corrected chi connectivity index (χ0v) is 16.9. The van der Waals surface area contributed by atoms with E-state index in [1.807, 2.05) is 24.3 Å². The Labute approximate surface area is 171 Å². The van der Waals surface area contributed by atoms with Crippen molar-refractivity contribution in [1.29, 1.82) is 0 Å². The van der Waals surface area contributed by atoms with Gasteiger partial charge in [0.2, 0.25) is 0 Å². The second kappa shape index (κ2) is 11.3. The molecule has 9 heteroatoms. The third kappa shape index (κ3) is 6.41. The minimum atomic E-state index is -0.587. The largest absolute Gasteiger partial charge is 0.486 e. The van der Waals surface area contributed by atoms with Gasteiger partial charge in [0, 0.05) is 32.7 Å². The Morgan fingerprint density at radius 3 is 2.68 bits per heavy atom. The van der Waals surface area contributed by atoms with Crippen LogP contribution < -0.4 is 9.47 Å². The lowest BCUT2D eigenvalue weighted by atomic mass is 10.2. The molecule has 2 unspecified atom stereocenters. The topological polar surface area (TPSA) is 80.7 Å². The third-order valence-electron chi connectivity index (χ3n) is 4.55. The lowest BCUT2D eigenvalue weighted by Crippen LogP contribution is -2.51. The van der Waals surface area contributed by atoms with Crippen molar-refractivity contribution in [3.63, 3.8) is 0 Å². The van der Waals surface area contributed by atoms with Gasteiger partial charge in [0.05, 0.1) is 25.9 Å². The summed E-state index contributed by atoms with van der Waals surface area (Å²) in [6.07, 6.45) is -1.03. The summed E-state index contributed by atoms with van der Waals surface area (Å²) in [7, 11) is 0. The van der Waals surface area contributed by atoms with E-state index >= 15 is 0 Å². The van der Waals surface area contributed by atoms with E-state index in [9.17, 15) is 9.90 Å². The molecule has 8 nitrogen and oxygen atoms in total. The maximum absolute atomic E-state index is 11.7. The summed E-state index contributed by atoms with van der Waals surface area (Å²) in [5.41, 5.74) is 0. The minimum Gasteiger partial charge on any atom is -0.486 e. The van der Waals surface area contributed by atoms with Gasteiger partial charge in [-0.25, -0.2) is 4.79 Å². The van der Waals surface area contributed by atoms with Crippen LogP contribution in [0.1, 0.15) is 6.92 Å². The van der Waals surface area contributed by atoms with E-state index in [-0.39, 0.29) is 31.2 Å². The van der Waals surface area contributed by atoms with Gasteiger partial charge in [-0.15, -0.1) is 12.4 Å². The molecule has 1 saturated heterocycles. The lowest BCUT2D eigenvalue weighted by molar-refractivity contribution is -0.0318. The molecule has 2 aliphatic rings. The average molecular weight is 417 g/mol. The quantitative estimate of drug-likeness (QED) is 0.719. The maximum atomic E-state index is 11.7. The van der Waals surface area contributed by atoms with Gasteiger partial charge < -0.3 is 29.0 Å². The Bertz CT molecular complexity index is 612. The summed E-state index contributed by atoms with van der Waals surface area (Å²) in [5.74, 6) is 1.47. The van der Waals surface area contributed by atoms with Crippen molar-refractivity contribution in [3.8, 4) is 11.5 Å². The lowest BCUT2D eigenvalue weighted by Gasteiger charge is -2.35. The van der Waals surface area contributed by atoms with Crippen molar-refractivity contribution >= 4 is 18.5 Å². The summed E-state index contributed by atoms with van der Waals surface area (Å²) in [5, 5.41) is 10.2. The molecule has 2 atom stereocenters. The van der Waals surface area contributed by atoms with Gasteiger partial charge in [-0.1, -0.05) is 12.1 Å². The normalized spacial score (nSPS) is 20.2. The molecule has 1 aromatic rings. The monoisotopic (exact) mass is 416 g/mol. The maximum Gasteiger partial charge on any atom is 0.409 e. The Morgan fingerprint density at radius 1 is 1.25 bits per heavy atom. The second-order valence-electron chi connectivity index (χ2n) is 6.68. The van der Waals surface area contributed by atoms with Crippen molar-refractivity contribution in [2.45, 2.75) is 19.1 Å². The van der Waals surface area contributed by atoms with E-state index < -0.39 is 6.10 Å². The number of β-amino-alcohol motifs (C(OH)–C–C–N with tert-alkyl or cyclic N) is 1. The van der Waals surface area contributed by atoms with Crippen LogP contribution in [-0.4, -0.2) is 92.4 Å². The van der Waals surface area contributed by atoms with Crippen molar-refractivity contribution in [2.24, 2.45) is 0 Å². The zero-order chi connectivity index (χ0) is 19.1. The second-order valence-corrected chi connectivity index (χ2v) is 6.68. The van der Waals surface area contributed by atoms with E-state index in [1.165, 1.54) is 0 Å². The van der Waals surface area contributed by atoms with Gasteiger partial charge in [-0.3, -0.25) is 4.90 Å². The van der Waals surface area contributed by atoms with Crippen molar-refractivity contribution in [1.82, 2.24) is 9.80 Å². The van der Waals surface area contributed by atoms with Crippen LogP contribution in [0, 0.1) is 0 Å². The first-order valence-corrected chi connectivity index (χ1v) is 9.44. The average Bonchev–Trinajstić information content (AvgIpc) is 2.68. The van der Waals surface area contributed by atoms with Gasteiger partial charge >= 0.3 is 6.09 Å². The Hall–Kier alpha value is -1.74. The number of rotatable bonds is 7. The van der Waals surface area contributed by atoms with Crippen molar-refractivity contribution in [3.05, 3.63) is 24.3 Å². The van der Waals surface area contributed by atoms with Gasteiger partial charge in [-0.2, -0.15) is 0 Å². The van der Waals surface area contributed by atoms with Gasteiger partial charge in [-0.05, 0) is 19.1 Å². The Balaban J connectivity index is 0.00000280. The summed E-state index contributed by atoms with van der Waals surface area (Å²) in [6.45, 7) is 6.38. The molecule has 1 aromatic carbocycles. The number of halogens is 1. The zero-order valence-electron chi connectivity index (χ0n) is 16.1. The Morgan fingerprint density at radius 2 is 1.96 bits per heavy atom. The number of piperazine rings is 1. The molecule has 0 saturated carbocycles.